The third-order valence-electron chi connectivity index (χ3n) is 5.66. The lowest BCUT2D eigenvalue weighted by molar-refractivity contribution is 0.0932. The van der Waals surface area contributed by atoms with Gasteiger partial charge in [0.15, 0.2) is 0 Å². The molecule has 1 aliphatic carbocycles. The van der Waals surface area contributed by atoms with Gasteiger partial charge < -0.3 is 10.1 Å². The van der Waals surface area contributed by atoms with Crippen LogP contribution in [0.5, 0.6) is 5.75 Å². The largest absolute Gasteiger partial charge is 0.496 e. The van der Waals surface area contributed by atoms with E-state index in [4.69, 9.17) is 4.74 Å². The van der Waals surface area contributed by atoms with Crippen molar-refractivity contribution >= 4 is 5.91 Å². The monoisotopic (exact) mass is 405 g/mol. The number of methoxy groups -OCH3 is 1. The van der Waals surface area contributed by atoms with E-state index in [0.29, 0.717) is 11.5 Å². The molecule has 0 atom stereocenters. The molecule has 156 valence electrons. The minimum absolute atomic E-state index is 0.0773. The average molecular weight is 406 g/mol. The van der Waals surface area contributed by atoms with Crippen molar-refractivity contribution in [2.75, 3.05) is 7.11 Å². The van der Waals surface area contributed by atoms with Crippen molar-refractivity contribution < 1.29 is 9.53 Å². The summed E-state index contributed by atoms with van der Waals surface area (Å²) in [4.78, 5) is 21.9. The van der Waals surface area contributed by atoms with Crippen molar-refractivity contribution in [3.63, 3.8) is 0 Å². The van der Waals surface area contributed by atoms with Crippen LogP contribution >= 0.6 is 0 Å². The Labute approximate surface area is 176 Å². The summed E-state index contributed by atoms with van der Waals surface area (Å²) in [5.74, 6) is 1.08. The van der Waals surface area contributed by atoms with E-state index in [1.54, 1.807) is 24.2 Å². The summed E-state index contributed by atoms with van der Waals surface area (Å²) < 4.78 is 7.06. The van der Waals surface area contributed by atoms with E-state index in [2.05, 4.69) is 20.4 Å². The van der Waals surface area contributed by atoms with Gasteiger partial charge in [0.1, 0.15) is 5.75 Å². The van der Waals surface area contributed by atoms with Crippen molar-refractivity contribution in [2.45, 2.75) is 51.5 Å². The molecule has 0 unspecified atom stereocenters. The van der Waals surface area contributed by atoms with Crippen molar-refractivity contribution in [3.05, 3.63) is 54.0 Å². The van der Waals surface area contributed by atoms with E-state index in [-0.39, 0.29) is 11.9 Å². The number of rotatable bonds is 5. The van der Waals surface area contributed by atoms with E-state index in [1.807, 2.05) is 37.3 Å². The predicted molar refractivity (Wildman–Crippen MR) is 115 cm³/mol. The normalized spacial score (nSPS) is 14.9. The molecule has 1 N–H and O–H groups in total. The third-order valence-corrected chi connectivity index (χ3v) is 5.66. The zero-order valence-electron chi connectivity index (χ0n) is 17.5. The van der Waals surface area contributed by atoms with Crippen molar-refractivity contribution in [2.24, 2.45) is 0 Å². The topological polar surface area (TPSA) is 81.9 Å². The first kappa shape index (κ1) is 20.1. The lowest BCUT2D eigenvalue weighted by Crippen LogP contribution is -2.34. The number of ether oxygens (including phenoxy) is 1. The van der Waals surface area contributed by atoms with Crippen LogP contribution in [0.2, 0.25) is 0 Å². The molecular formula is C23H27N5O2. The Morgan fingerprint density at radius 3 is 2.67 bits per heavy atom. The number of benzene rings is 1. The summed E-state index contributed by atoms with van der Waals surface area (Å²) in [5, 5.41) is 7.58. The van der Waals surface area contributed by atoms with Gasteiger partial charge >= 0.3 is 0 Å². The molecule has 0 spiro atoms. The Bertz CT molecular complexity index is 1020. The number of amides is 1. The number of carbonyl (C=O) groups excluding carboxylic acids is 1. The fourth-order valence-electron chi connectivity index (χ4n) is 3.98. The number of aromatic nitrogens is 4. The maximum absolute atomic E-state index is 12.8. The molecule has 2 aromatic heterocycles. The fraction of sp³-hybridized carbons (Fsp3) is 0.391. The smallest absolute Gasteiger partial charge is 0.254 e. The van der Waals surface area contributed by atoms with Gasteiger partial charge in [0.2, 0.25) is 0 Å². The molecule has 2 heterocycles. The SMILES string of the molecule is COc1ccccc1-c1ccnc(-n2ncc(C(=O)NC3CCCCCC3)c2C)n1. The maximum Gasteiger partial charge on any atom is 0.254 e. The van der Waals surface area contributed by atoms with Gasteiger partial charge in [0, 0.05) is 17.8 Å². The van der Waals surface area contributed by atoms with Crippen LogP contribution < -0.4 is 10.1 Å². The van der Waals surface area contributed by atoms with Crippen LogP contribution in [0, 0.1) is 6.92 Å². The molecule has 30 heavy (non-hydrogen) atoms. The van der Waals surface area contributed by atoms with Crippen LogP contribution in [0.15, 0.2) is 42.7 Å². The maximum atomic E-state index is 12.8. The molecule has 1 amide bonds. The van der Waals surface area contributed by atoms with Crippen molar-refractivity contribution in [1.82, 2.24) is 25.1 Å². The minimum Gasteiger partial charge on any atom is -0.496 e. The molecule has 1 fully saturated rings. The van der Waals surface area contributed by atoms with E-state index in [0.717, 1.165) is 35.5 Å². The first-order chi connectivity index (χ1) is 14.7. The zero-order chi connectivity index (χ0) is 20.9. The Morgan fingerprint density at radius 2 is 1.90 bits per heavy atom. The van der Waals surface area contributed by atoms with Crippen LogP contribution in [0.4, 0.5) is 0 Å². The lowest BCUT2D eigenvalue weighted by Gasteiger charge is -2.16. The molecule has 0 saturated heterocycles. The quantitative estimate of drug-likeness (QED) is 0.646. The molecule has 7 heteroatoms. The van der Waals surface area contributed by atoms with Gasteiger partial charge in [-0.2, -0.15) is 5.10 Å². The number of nitrogens with zero attached hydrogens (tertiary/aromatic N) is 4. The Morgan fingerprint density at radius 1 is 1.13 bits per heavy atom. The van der Waals surface area contributed by atoms with E-state index < -0.39 is 0 Å². The van der Waals surface area contributed by atoms with Crippen LogP contribution in [0.1, 0.15) is 54.6 Å². The molecule has 0 aliphatic heterocycles. The van der Waals surface area contributed by atoms with Crippen LogP contribution in [0.3, 0.4) is 0 Å². The average Bonchev–Trinajstić information content (AvgIpc) is 2.98. The highest BCUT2D eigenvalue weighted by Crippen LogP contribution is 2.28. The van der Waals surface area contributed by atoms with Gasteiger partial charge in [-0.05, 0) is 38.0 Å². The standard InChI is InChI=1S/C23H27N5O2/c1-16-19(22(29)26-17-9-5-3-4-6-10-17)15-25-28(16)23-24-14-13-20(27-23)18-11-7-8-12-21(18)30-2/h7-8,11-15,17H,3-6,9-10H2,1-2H3,(H,26,29). The summed E-state index contributed by atoms with van der Waals surface area (Å²) in [6.45, 7) is 1.87. The molecule has 0 radical (unpaired) electrons. The summed E-state index contributed by atoms with van der Waals surface area (Å²) in [6, 6.07) is 9.78. The summed E-state index contributed by atoms with van der Waals surface area (Å²) in [6.07, 6.45) is 10.2. The van der Waals surface area contributed by atoms with Crippen LogP contribution in [-0.4, -0.2) is 38.8 Å². The highest BCUT2D eigenvalue weighted by atomic mass is 16.5. The van der Waals surface area contributed by atoms with E-state index >= 15 is 0 Å². The molecule has 4 rings (SSSR count). The zero-order valence-corrected chi connectivity index (χ0v) is 17.5. The second-order valence-electron chi connectivity index (χ2n) is 7.66. The fourth-order valence-corrected chi connectivity index (χ4v) is 3.98. The van der Waals surface area contributed by atoms with E-state index in [9.17, 15) is 4.79 Å². The van der Waals surface area contributed by atoms with Gasteiger partial charge in [0.05, 0.1) is 30.3 Å². The second-order valence-corrected chi connectivity index (χ2v) is 7.66. The third kappa shape index (κ3) is 4.20. The van der Waals surface area contributed by atoms with Crippen molar-refractivity contribution in [1.29, 1.82) is 0 Å². The first-order valence-corrected chi connectivity index (χ1v) is 10.5. The minimum atomic E-state index is -0.0773. The Hall–Kier alpha value is -3.22. The highest BCUT2D eigenvalue weighted by Gasteiger charge is 2.20. The van der Waals surface area contributed by atoms with Gasteiger partial charge in [-0.25, -0.2) is 14.6 Å². The Kier molecular flexibility index (Phi) is 6.07. The molecule has 1 aromatic carbocycles. The number of nitrogens with one attached hydrogen (secondary N) is 1. The summed E-state index contributed by atoms with van der Waals surface area (Å²) in [7, 11) is 1.64. The van der Waals surface area contributed by atoms with Gasteiger partial charge in [-0.1, -0.05) is 37.8 Å². The number of carbonyl (C=O) groups is 1. The molecule has 7 nitrogen and oxygen atoms in total. The summed E-state index contributed by atoms with van der Waals surface area (Å²) >= 11 is 0. The molecule has 1 saturated carbocycles. The van der Waals surface area contributed by atoms with Gasteiger partial charge in [-0.15, -0.1) is 0 Å². The molecular weight excluding hydrogens is 378 g/mol. The lowest BCUT2D eigenvalue weighted by atomic mass is 10.1. The number of hydrogen-bond donors (Lipinski definition) is 1. The molecule has 0 bridgehead atoms. The second kappa shape index (κ2) is 9.07. The van der Waals surface area contributed by atoms with Gasteiger partial charge in [-0.3, -0.25) is 4.79 Å². The first-order valence-electron chi connectivity index (χ1n) is 10.5. The number of para-hydroxylation sites is 1. The molecule has 1 aliphatic rings. The Balaban J connectivity index is 1.58. The van der Waals surface area contributed by atoms with E-state index in [1.165, 1.54) is 25.7 Å². The summed E-state index contributed by atoms with van der Waals surface area (Å²) in [5.41, 5.74) is 2.89. The van der Waals surface area contributed by atoms with Gasteiger partial charge in [0.25, 0.3) is 11.9 Å². The van der Waals surface area contributed by atoms with Crippen LogP contribution in [-0.2, 0) is 0 Å². The number of hydrogen-bond acceptors (Lipinski definition) is 5. The highest BCUT2D eigenvalue weighted by molar-refractivity contribution is 5.95. The predicted octanol–water partition coefficient (Wildman–Crippen LogP) is 4.10. The van der Waals surface area contributed by atoms with Crippen LogP contribution in [0.25, 0.3) is 17.2 Å². The molecule has 3 aromatic rings. The van der Waals surface area contributed by atoms with Crippen molar-refractivity contribution in [3.8, 4) is 23.0 Å².